The van der Waals surface area contributed by atoms with Crippen LogP contribution in [-0.4, -0.2) is 59.8 Å². The molecule has 0 saturated carbocycles. The molecule has 2 aromatic heterocycles. The number of amides is 1. The number of imidazole rings is 1. The molecule has 3 N–H and O–H groups in total. The van der Waals surface area contributed by atoms with Crippen molar-refractivity contribution < 1.29 is 19.4 Å². The summed E-state index contributed by atoms with van der Waals surface area (Å²) in [6.07, 6.45) is 3.66. The first kappa shape index (κ1) is 24.4. The van der Waals surface area contributed by atoms with Crippen molar-refractivity contribution in [3.63, 3.8) is 0 Å². The minimum atomic E-state index is -0.987. The highest BCUT2D eigenvalue weighted by Crippen LogP contribution is 2.35. The van der Waals surface area contributed by atoms with E-state index >= 15 is 0 Å². The van der Waals surface area contributed by atoms with Crippen molar-refractivity contribution in [2.24, 2.45) is 0 Å². The number of carboxylic acids is 1. The highest BCUT2D eigenvalue weighted by molar-refractivity contribution is 8.26. The van der Waals surface area contributed by atoms with Crippen LogP contribution in [0.3, 0.4) is 0 Å². The summed E-state index contributed by atoms with van der Waals surface area (Å²) < 4.78 is 5.91. The van der Waals surface area contributed by atoms with Crippen LogP contribution < -0.4 is 10.3 Å². The second-order valence-corrected chi connectivity index (χ2v) is 9.74. The van der Waals surface area contributed by atoms with Gasteiger partial charge in [-0.25, -0.2) is 14.8 Å². The van der Waals surface area contributed by atoms with E-state index in [-0.39, 0.29) is 34.0 Å². The van der Waals surface area contributed by atoms with Gasteiger partial charge in [0.25, 0.3) is 11.5 Å². The fourth-order valence-corrected chi connectivity index (χ4v) is 5.18. The Morgan fingerprint density at radius 1 is 1.22 bits per heavy atom. The van der Waals surface area contributed by atoms with E-state index in [1.165, 1.54) is 42.2 Å². The number of nitrogens with zero attached hydrogens (tertiary/aromatic N) is 3. The number of carbonyl (C=O) groups is 2. The molecule has 186 valence electrons. The molecule has 0 aliphatic carbocycles. The van der Waals surface area contributed by atoms with Crippen LogP contribution in [0.5, 0.6) is 5.75 Å². The van der Waals surface area contributed by atoms with Crippen molar-refractivity contribution in [1.82, 2.24) is 24.8 Å². The highest BCUT2D eigenvalue weighted by Gasteiger charge is 2.31. The number of ether oxygens (including phenoxy) is 1. The zero-order valence-electron chi connectivity index (χ0n) is 19.3. The highest BCUT2D eigenvalue weighted by atomic mass is 32.2. The SMILES string of the molecule is COc1ccc(/C=C2\SC(=S)N(CCc3ccc(C(=O)O)cc3)C2=O)cc1-c1nc2nc[nH]c2c(=O)[nH]1. The van der Waals surface area contributed by atoms with Crippen molar-refractivity contribution >= 4 is 57.4 Å². The van der Waals surface area contributed by atoms with Crippen LogP contribution in [0, 0.1) is 0 Å². The summed E-state index contributed by atoms with van der Waals surface area (Å²) in [5, 5.41) is 9.05. The van der Waals surface area contributed by atoms with Gasteiger partial charge in [0.1, 0.15) is 15.9 Å². The molecule has 0 bridgehead atoms. The molecule has 1 amide bonds. The van der Waals surface area contributed by atoms with E-state index in [2.05, 4.69) is 19.9 Å². The number of aromatic amines is 2. The first-order valence-corrected chi connectivity index (χ1v) is 12.3. The number of aromatic nitrogens is 4. The maximum atomic E-state index is 13.1. The van der Waals surface area contributed by atoms with Crippen LogP contribution in [0.2, 0.25) is 0 Å². The first-order valence-electron chi connectivity index (χ1n) is 11.0. The number of carboxylic acid groups (broad SMARTS) is 1. The van der Waals surface area contributed by atoms with E-state index in [1.807, 2.05) is 0 Å². The van der Waals surface area contributed by atoms with Crippen LogP contribution in [0.1, 0.15) is 21.5 Å². The second-order valence-electron chi connectivity index (χ2n) is 8.06. The molecule has 12 heteroatoms. The van der Waals surface area contributed by atoms with E-state index in [0.717, 1.165) is 5.56 Å². The Bertz CT molecular complexity index is 1640. The summed E-state index contributed by atoms with van der Waals surface area (Å²) in [6.45, 7) is 0.372. The van der Waals surface area contributed by atoms with E-state index in [4.69, 9.17) is 22.1 Å². The van der Waals surface area contributed by atoms with Gasteiger partial charge in [0, 0.05) is 6.54 Å². The summed E-state index contributed by atoms with van der Waals surface area (Å²) in [5.74, 6) is -0.409. The zero-order valence-corrected chi connectivity index (χ0v) is 21.0. The van der Waals surface area contributed by atoms with Crippen molar-refractivity contribution in [3.8, 4) is 17.1 Å². The van der Waals surface area contributed by atoms with Gasteiger partial charge >= 0.3 is 5.97 Å². The third-order valence-electron chi connectivity index (χ3n) is 5.77. The molecule has 4 aromatic rings. The lowest BCUT2D eigenvalue weighted by atomic mass is 10.1. The molecule has 1 fully saturated rings. The second kappa shape index (κ2) is 9.99. The smallest absolute Gasteiger partial charge is 0.335 e. The fraction of sp³-hybridized carbons (Fsp3) is 0.120. The molecule has 5 rings (SSSR count). The first-order chi connectivity index (χ1) is 17.8. The van der Waals surface area contributed by atoms with Crippen LogP contribution in [-0.2, 0) is 11.2 Å². The Morgan fingerprint density at radius 3 is 2.73 bits per heavy atom. The maximum Gasteiger partial charge on any atom is 0.335 e. The molecule has 0 radical (unpaired) electrons. The number of methoxy groups -OCH3 is 1. The molecule has 1 saturated heterocycles. The summed E-state index contributed by atoms with van der Waals surface area (Å²) in [7, 11) is 1.52. The number of thiocarbonyl (C=S) groups is 1. The summed E-state index contributed by atoms with van der Waals surface area (Å²) >= 11 is 6.65. The third-order valence-corrected chi connectivity index (χ3v) is 7.15. The van der Waals surface area contributed by atoms with E-state index < -0.39 is 5.97 Å². The quantitative estimate of drug-likeness (QED) is 0.240. The normalized spacial score (nSPS) is 14.6. The lowest BCUT2D eigenvalue weighted by Crippen LogP contribution is -2.30. The Hall–Kier alpha value is -4.29. The molecule has 0 unspecified atom stereocenters. The van der Waals surface area contributed by atoms with Gasteiger partial charge in [0.05, 0.1) is 29.5 Å². The number of hydrogen-bond donors (Lipinski definition) is 3. The van der Waals surface area contributed by atoms with Crippen molar-refractivity contribution in [3.05, 3.63) is 80.7 Å². The van der Waals surface area contributed by atoms with Gasteiger partial charge in [-0.05, 0) is 47.9 Å². The number of fused-ring (bicyclic) bond motifs is 1. The molecule has 3 heterocycles. The van der Waals surface area contributed by atoms with E-state index in [0.29, 0.717) is 39.1 Å². The molecule has 10 nitrogen and oxygen atoms in total. The minimum absolute atomic E-state index is 0.208. The van der Waals surface area contributed by atoms with Crippen molar-refractivity contribution in [2.75, 3.05) is 13.7 Å². The largest absolute Gasteiger partial charge is 0.496 e. The average molecular weight is 534 g/mol. The molecule has 2 aromatic carbocycles. The Balaban J connectivity index is 1.38. The molecular formula is C25H19N5O5S2. The molecular weight excluding hydrogens is 514 g/mol. The zero-order chi connectivity index (χ0) is 26.1. The van der Waals surface area contributed by atoms with Gasteiger partial charge in [-0.2, -0.15) is 0 Å². The van der Waals surface area contributed by atoms with Gasteiger partial charge in [0.15, 0.2) is 11.2 Å². The lowest BCUT2D eigenvalue weighted by Gasteiger charge is -2.14. The summed E-state index contributed by atoms with van der Waals surface area (Å²) in [4.78, 5) is 52.5. The number of carbonyl (C=O) groups excluding carboxylic acids is 1. The van der Waals surface area contributed by atoms with Gasteiger partial charge in [0.2, 0.25) is 0 Å². The van der Waals surface area contributed by atoms with Crippen LogP contribution >= 0.6 is 24.0 Å². The Morgan fingerprint density at radius 2 is 2.00 bits per heavy atom. The van der Waals surface area contributed by atoms with Gasteiger partial charge < -0.3 is 19.8 Å². The van der Waals surface area contributed by atoms with Crippen molar-refractivity contribution in [1.29, 1.82) is 0 Å². The number of benzene rings is 2. The Kier molecular flexibility index (Phi) is 6.59. The number of hydrogen-bond acceptors (Lipinski definition) is 8. The number of aromatic carboxylic acids is 1. The number of thioether (sulfide) groups is 1. The molecule has 37 heavy (non-hydrogen) atoms. The lowest BCUT2D eigenvalue weighted by molar-refractivity contribution is -0.122. The Labute approximate surface area is 219 Å². The number of H-pyrrole nitrogens is 2. The topological polar surface area (TPSA) is 141 Å². The maximum absolute atomic E-state index is 13.1. The van der Waals surface area contributed by atoms with Crippen LogP contribution in [0.15, 0.2) is 58.5 Å². The predicted octanol–water partition coefficient (Wildman–Crippen LogP) is 3.46. The average Bonchev–Trinajstić information content (AvgIpc) is 3.47. The van der Waals surface area contributed by atoms with Gasteiger partial charge in [-0.15, -0.1) is 0 Å². The van der Waals surface area contributed by atoms with Crippen molar-refractivity contribution in [2.45, 2.75) is 6.42 Å². The molecule has 1 aliphatic rings. The third kappa shape index (κ3) is 4.88. The summed E-state index contributed by atoms with van der Waals surface area (Å²) in [6, 6.07) is 11.8. The van der Waals surface area contributed by atoms with Gasteiger partial charge in [-0.3, -0.25) is 14.5 Å². The van der Waals surface area contributed by atoms with Crippen LogP contribution in [0.4, 0.5) is 0 Å². The summed E-state index contributed by atoms with van der Waals surface area (Å²) in [5.41, 5.74) is 2.55. The molecule has 1 aliphatic heterocycles. The minimum Gasteiger partial charge on any atom is -0.496 e. The van der Waals surface area contributed by atoms with Gasteiger partial charge in [-0.1, -0.05) is 42.2 Å². The van der Waals surface area contributed by atoms with E-state index in [1.54, 1.807) is 36.4 Å². The molecule has 0 spiro atoms. The van der Waals surface area contributed by atoms with Crippen LogP contribution in [0.25, 0.3) is 28.6 Å². The fourth-order valence-electron chi connectivity index (χ4n) is 3.87. The number of rotatable bonds is 7. The van der Waals surface area contributed by atoms with E-state index in [9.17, 15) is 14.4 Å². The standard InChI is InChI=1S/C25H19N5O5S2/c1-35-17-7-4-14(10-16(17)20-28-21-19(22(31)29-20)26-12-27-21)11-18-23(32)30(25(36)37-18)9-8-13-2-5-15(6-3-13)24(33)34/h2-7,10-12H,8-9H2,1H3,(H,33,34)(H2,26,27,28,29,31)/b18-11-. The monoisotopic (exact) mass is 533 g/mol. The number of nitrogens with one attached hydrogen (secondary N) is 2. The molecule has 0 atom stereocenters. The predicted molar refractivity (Wildman–Crippen MR) is 143 cm³/mol.